The molecule has 0 saturated heterocycles. The number of rotatable bonds is 6. The Morgan fingerprint density at radius 3 is 1.02 bits per heavy atom. The lowest BCUT2D eigenvalue weighted by Gasteiger charge is -2.29. The molecule has 6 rings (SSSR count). The van der Waals surface area contributed by atoms with Crippen molar-refractivity contribution in [2.45, 2.75) is 113 Å². The Balaban J connectivity index is 0.000000163. The van der Waals surface area contributed by atoms with Crippen molar-refractivity contribution in [3.05, 3.63) is 86.1 Å². The van der Waals surface area contributed by atoms with Crippen molar-refractivity contribution in [2.24, 2.45) is 0 Å². The number of pyridine rings is 3. The molecule has 3 aromatic heterocycles. The zero-order valence-corrected chi connectivity index (χ0v) is 28.7. The number of hydrogen-bond donors (Lipinski definition) is 3. The molecular weight excluding hydrogens is 612 g/mol. The average molecular weight is 667 g/mol. The van der Waals surface area contributed by atoms with Crippen LogP contribution in [0.25, 0.3) is 0 Å². The van der Waals surface area contributed by atoms with Crippen LogP contribution in [0.3, 0.4) is 0 Å². The Morgan fingerprint density at radius 1 is 0.500 bits per heavy atom. The summed E-state index contributed by atoms with van der Waals surface area (Å²) in [5.74, 6) is 0. The lowest BCUT2D eigenvalue weighted by Crippen LogP contribution is -2.31. The maximum Gasteiger partial charge on any atom is 0.273 e. The van der Waals surface area contributed by atoms with Crippen LogP contribution in [0.1, 0.15) is 95.2 Å². The topological polar surface area (TPSA) is 172 Å². The van der Waals surface area contributed by atoms with Gasteiger partial charge in [0.05, 0.1) is 35.4 Å². The van der Waals surface area contributed by atoms with Gasteiger partial charge in [-0.2, -0.15) is 0 Å². The monoisotopic (exact) mass is 666 g/mol. The van der Waals surface area contributed by atoms with Gasteiger partial charge in [-0.15, -0.1) is 0 Å². The van der Waals surface area contributed by atoms with E-state index in [1.807, 2.05) is 36.8 Å². The summed E-state index contributed by atoms with van der Waals surface area (Å²) in [4.78, 5) is 35.6. The number of nitrogens with zero attached hydrogens (tertiary/aromatic N) is 3. The third-order valence-electron chi connectivity index (χ3n) is 9.99. The van der Waals surface area contributed by atoms with Gasteiger partial charge in [-0.25, -0.2) is 0 Å². The van der Waals surface area contributed by atoms with E-state index in [0.29, 0.717) is 17.1 Å². The fourth-order valence-corrected chi connectivity index (χ4v) is 7.21. The van der Waals surface area contributed by atoms with Gasteiger partial charge >= 0.3 is 0 Å². The number of ether oxygens (including phenoxy) is 3. The number of nitrogens with two attached hydrogens (primary N) is 3. The molecule has 6 N–H and O–H groups in total. The molecule has 0 aliphatic heterocycles. The van der Waals surface area contributed by atoms with E-state index in [9.17, 15) is 14.4 Å². The summed E-state index contributed by atoms with van der Waals surface area (Å²) in [5, 5.41) is 0. The summed E-state index contributed by atoms with van der Waals surface area (Å²) in [6.45, 7) is 0. The molecule has 0 spiro atoms. The Labute approximate surface area is 282 Å². The second-order valence-electron chi connectivity index (χ2n) is 13.1. The van der Waals surface area contributed by atoms with E-state index in [-0.39, 0.29) is 53.1 Å². The van der Waals surface area contributed by atoms with E-state index in [4.69, 9.17) is 31.4 Å². The minimum atomic E-state index is -0.0794. The first-order chi connectivity index (χ1) is 23.2. The first kappa shape index (κ1) is 37.0. The standard InChI is InChI=1S/3C12H18N2O2/c3*1-16-10-5-2-4-9(8-10)14-7-3-6-11(13)12(14)15/h3*3,6-7,9-10H,2,4-5,8,13H2,1H3/t9?,10-;2*9-,10-/m110/s1. The van der Waals surface area contributed by atoms with Crippen LogP contribution in [0.5, 0.6) is 0 Å². The molecule has 0 aromatic carbocycles. The van der Waals surface area contributed by atoms with Crippen molar-refractivity contribution in [1.82, 2.24) is 13.7 Å². The second kappa shape index (κ2) is 18.0. The summed E-state index contributed by atoms with van der Waals surface area (Å²) < 4.78 is 21.4. The number of aromatic nitrogens is 3. The SMILES string of the molecule is CO[C@@H]1CCCC(n2cccc(N)c2=O)C1.CO[C@@H]1CCC[C@@H](n2cccc(N)c2=O)C1.CO[C@H]1CCC[C@H](n2cccc(N)c2=O)C1. The molecule has 48 heavy (non-hydrogen) atoms. The highest BCUT2D eigenvalue weighted by atomic mass is 16.5. The van der Waals surface area contributed by atoms with Gasteiger partial charge in [0.15, 0.2) is 0 Å². The minimum absolute atomic E-state index is 0.0794. The molecule has 0 radical (unpaired) electrons. The third-order valence-corrected chi connectivity index (χ3v) is 9.99. The smallest absolute Gasteiger partial charge is 0.273 e. The van der Waals surface area contributed by atoms with Gasteiger partial charge in [0, 0.05) is 58.0 Å². The molecule has 3 fully saturated rings. The number of nitrogen functional groups attached to an aromatic ring is 3. The Bertz CT molecular complexity index is 1430. The largest absolute Gasteiger partial charge is 0.394 e. The van der Waals surface area contributed by atoms with Crippen LogP contribution in [0.2, 0.25) is 0 Å². The number of hydrogen-bond acceptors (Lipinski definition) is 9. The Kier molecular flexibility index (Phi) is 13.9. The molecule has 3 aliphatic rings. The summed E-state index contributed by atoms with van der Waals surface area (Å²) >= 11 is 0. The lowest BCUT2D eigenvalue weighted by molar-refractivity contribution is 0.0523. The van der Waals surface area contributed by atoms with E-state index in [0.717, 1.165) is 77.0 Å². The zero-order chi connectivity index (χ0) is 34.6. The molecule has 3 saturated carbocycles. The first-order valence-electron chi connectivity index (χ1n) is 17.1. The fraction of sp³-hybridized carbons (Fsp3) is 0.583. The van der Waals surface area contributed by atoms with Gasteiger partial charge < -0.3 is 45.1 Å². The van der Waals surface area contributed by atoms with Crippen LogP contribution < -0.4 is 33.9 Å². The second-order valence-corrected chi connectivity index (χ2v) is 13.1. The van der Waals surface area contributed by atoms with Crippen LogP contribution >= 0.6 is 0 Å². The minimum Gasteiger partial charge on any atom is -0.394 e. The van der Waals surface area contributed by atoms with E-state index >= 15 is 0 Å². The summed E-state index contributed by atoms with van der Waals surface area (Å²) in [7, 11) is 5.19. The number of methoxy groups -OCH3 is 3. The normalized spacial score (nSPS) is 25.6. The van der Waals surface area contributed by atoms with Crippen LogP contribution in [0.15, 0.2) is 69.4 Å². The molecule has 0 amide bonds. The van der Waals surface area contributed by atoms with Crippen LogP contribution in [0.4, 0.5) is 17.1 Å². The van der Waals surface area contributed by atoms with E-state index in [1.165, 1.54) is 0 Å². The van der Waals surface area contributed by atoms with E-state index in [1.54, 1.807) is 53.2 Å². The zero-order valence-electron chi connectivity index (χ0n) is 28.7. The van der Waals surface area contributed by atoms with Gasteiger partial charge in [0.2, 0.25) is 0 Å². The third kappa shape index (κ3) is 9.61. The van der Waals surface area contributed by atoms with Gasteiger partial charge in [-0.1, -0.05) is 0 Å². The molecule has 6 atom stereocenters. The highest BCUT2D eigenvalue weighted by molar-refractivity contribution is 5.35. The predicted octanol–water partition coefficient (Wildman–Crippen LogP) is 4.68. The fourth-order valence-electron chi connectivity index (χ4n) is 7.21. The predicted molar refractivity (Wildman–Crippen MR) is 190 cm³/mol. The van der Waals surface area contributed by atoms with Crippen LogP contribution in [-0.4, -0.2) is 53.3 Å². The van der Waals surface area contributed by atoms with Gasteiger partial charge in [0.1, 0.15) is 0 Å². The van der Waals surface area contributed by atoms with Crippen molar-refractivity contribution >= 4 is 17.1 Å². The maximum atomic E-state index is 11.9. The van der Waals surface area contributed by atoms with Crippen LogP contribution in [0, 0.1) is 0 Å². The van der Waals surface area contributed by atoms with Crippen molar-refractivity contribution in [3.8, 4) is 0 Å². The quantitative estimate of drug-likeness (QED) is 0.338. The molecule has 3 aromatic rings. The van der Waals surface area contributed by atoms with Gasteiger partial charge in [-0.3, -0.25) is 14.4 Å². The van der Waals surface area contributed by atoms with Crippen molar-refractivity contribution in [1.29, 1.82) is 0 Å². The summed E-state index contributed by atoms with van der Waals surface area (Å²) in [6, 6.07) is 11.1. The summed E-state index contributed by atoms with van der Waals surface area (Å²) in [5.41, 5.74) is 17.6. The molecule has 3 aliphatic carbocycles. The molecular formula is C36H54N6O6. The summed E-state index contributed by atoms with van der Waals surface area (Å²) in [6.07, 6.45) is 18.6. The van der Waals surface area contributed by atoms with Gasteiger partial charge in [0.25, 0.3) is 16.7 Å². The average Bonchev–Trinajstić information content (AvgIpc) is 3.12. The highest BCUT2D eigenvalue weighted by Gasteiger charge is 2.25. The van der Waals surface area contributed by atoms with Crippen molar-refractivity contribution < 1.29 is 14.2 Å². The first-order valence-corrected chi connectivity index (χ1v) is 17.1. The Hall–Kier alpha value is -3.87. The molecule has 12 nitrogen and oxygen atoms in total. The van der Waals surface area contributed by atoms with Crippen LogP contribution in [-0.2, 0) is 14.2 Å². The molecule has 3 heterocycles. The lowest BCUT2D eigenvalue weighted by atomic mass is 9.92. The van der Waals surface area contributed by atoms with E-state index < -0.39 is 0 Å². The molecule has 0 bridgehead atoms. The molecule has 264 valence electrons. The number of anilines is 3. The van der Waals surface area contributed by atoms with Crippen molar-refractivity contribution in [3.63, 3.8) is 0 Å². The van der Waals surface area contributed by atoms with E-state index in [2.05, 4.69) is 0 Å². The van der Waals surface area contributed by atoms with Gasteiger partial charge in [-0.05, 0) is 113 Å². The maximum absolute atomic E-state index is 11.9. The molecule has 1 unspecified atom stereocenters. The van der Waals surface area contributed by atoms with Crippen molar-refractivity contribution in [2.75, 3.05) is 38.5 Å². The molecule has 12 heteroatoms. The highest BCUT2D eigenvalue weighted by Crippen LogP contribution is 2.31. The Morgan fingerprint density at radius 2 is 0.771 bits per heavy atom.